The highest BCUT2D eigenvalue weighted by atomic mass is 19.1. The first-order chi connectivity index (χ1) is 8.08. The summed E-state index contributed by atoms with van der Waals surface area (Å²) in [6.07, 6.45) is 0.787. The molecule has 1 aliphatic heterocycles. The molecule has 0 aliphatic carbocycles. The number of hydrogen-bond acceptors (Lipinski definition) is 4. The Morgan fingerprint density at radius 2 is 2.35 bits per heavy atom. The van der Waals surface area contributed by atoms with Crippen molar-refractivity contribution in [1.29, 1.82) is 0 Å². The van der Waals surface area contributed by atoms with Crippen LogP contribution >= 0.6 is 0 Å². The Hall–Kier alpha value is -1.69. The Balaban J connectivity index is 2.22. The molecule has 1 aliphatic rings. The van der Waals surface area contributed by atoms with Crippen molar-refractivity contribution < 1.29 is 14.1 Å². The molecule has 2 atom stereocenters. The van der Waals surface area contributed by atoms with Gasteiger partial charge in [0.05, 0.1) is 23.1 Å². The van der Waals surface area contributed by atoms with Gasteiger partial charge in [-0.15, -0.1) is 0 Å². The van der Waals surface area contributed by atoms with Crippen LogP contribution in [-0.4, -0.2) is 23.7 Å². The molecule has 0 aromatic heterocycles. The largest absolute Gasteiger partial charge is 0.376 e. The average Bonchev–Trinajstić information content (AvgIpc) is 2.67. The number of nitro groups is 1. The molecule has 5 nitrogen and oxygen atoms in total. The van der Waals surface area contributed by atoms with Crippen LogP contribution in [-0.2, 0) is 4.74 Å². The van der Waals surface area contributed by atoms with Crippen molar-refractivity contribution in [3.05, 3.63) is 34.1 Å². The van der Waals surface area contributed by atoms with E-state index in [0.717, 1.165) is 12.5 Å². The maximum atomic E-state index is 12.9. The number of nitro benzene ring substituents is 1. The zero-order valence-corrected chi connectivity index (χ0v) is 9.35. The van der Waals surface area contributed by atoms with Crippen LogP contribution in [0.25, 0.3) is 0 Å². The van der Waals surface area contributed by atoms with E-state index in [9.17, 15) is 14.5 Å². The van der Waals surface area contributed by atoms with Gasteiger partial charge in [-0.25, -0.2) is 4.39 Å². The van der Waals surface area contributed by atoms with Gasteiger partial charge in [0, 0.05) is 6.61 Å². The van der Waals surface area contributed by atoms with Crippen molar-refractivity contribution in [1.82, 2.24) is 0 Å². The molecule has 1 heterocycles. The Morgan fingerprint density at radius 1 is 1.59 bits per heavy atom. The van der Waals surface area contributed by atoms with Gasteiger partial charge in [-0.2, -0.15) is 0 Å². The summed E-state index contributed by atoms with van der Waals surface area (Å²) in [6.45, 7) is 2.54. The number of nitrogens with zero attached hydrogens (tertiary/aromatic N) is 1. The van der Waals surface area contributed by atoms with Crippen LogP contribution in [0, 0.1) is 15.9 Å². The predicted octanol–water partition coefficient (Wildman–Crippen LogP) is 2.32. The van der Waals surface area contributed by atoms with E-state index in [1.165, 1.54) is 12.1 Å². The van der Waals surface area contributed by atoms with Gasteiger partial charge in [0.25, 0.3) is 5.69 Å². The lowest BCUT2D eigenvalue weighted by atomic mass is 10.1. The first-order valence-electron chi connectivity index (χ1n) is 5.40. The van der Waals surface area contributed by atoms with Gasteiger partial charge in [0.2, 0.25) is 0 Å². The summed E-state index contributed by atoms with van der Waals surface area (Å²) < 4.78 is 18.3. The second kappa shape index (κ2) is 4.67. The lowest BCUT2D eigenvalue weighted by Gasteiger charge is -2.17. The maximum Gasteiger partial charge on any atom is 0.295 e. The van der Waals surface area contributed by atoms with Crippen LogP contribution in [0.3, 0.4) is 0 Å². The molecule has 17 heavy (non-hydrogen) atoms. The minimum Gasteiger partial charge on any atom is -0.376 e. The van der Waals surface area contributed by atoms with Crippen molar-refractivity contribution in [3.8, 4) is 0 Å². The smallest absolute Gasteiger partial charge is 0.295 e. The fourth-order valence-electron chi connectivity index (χ4n) is 1.90. The van der Waals surface area contributed by atoms with Crippen molar-refractivity contribution in [2.45, 2.75) is 25.5 Å². The Bertz CT molecular complexity index is 439. The number of rotatable bonds is 3. The summed E-state index contributed by atoms with van der Waals surface area (Å²) in [5.41, 5.74) is 0.0860. The molecule has 1 fully saturated rings. The predicted molar refractivity (Wildman–Crippen MR) is 60.5 cm³/mol. The molecule has 2 unspecified atom stereocenters. The molecule has 1 N–H and O–H groups in total. The Labute approximate surface area is 97.7 Å². The van der Waals surface area contributed by atoms with E-state index in [-0.39, 0.29) is 17.8 Å². The number of nitrogens with one attached hydrogen (secondary N) is 1. The molecule has 6 heteroatoms. The zero-order chi connectivity index (χ0) is 12.4. The highest BCUT2D eigenvalue weighted by molar-refractivity contribution is 5.62. The molecule has 1 aromatic carbocycles. The van der Waals surface area contributed by atoms with Gasteiger partial charge >= 0.3 is 0 Å². The molecule has 92 valence electrons. The van der Waals surface area contributed by atoms with Gasteiger partial charge in [0.15, 0.2) is 0 Å². The van der Waals surface area contributed by atoms with Crippen LogP contribution in [0.2, 0.25) is 0 Å². The van der Waals surface area contributed by atoms with E-state index in [1.54, 1.807) is 0 Å². The summed E-state index contributed by atoms with van der Waals surface area (Å²) in [6, 6.07) is 3.54. The minimum absolute atomic E-state index is 0.000317. The van der Waals surface area contributed by atoms with E-state index in [2.05, 4.69) is 5.32 Å². The fourth-order valence-corrected chi connectivity index (χ4v) is 1.90. The second-order valence-corrected chi connectivity index (χ2v) is 4.03. The van der Waals surface area contributed by atoms with Gasteiger partial charge < -0.3 is 10.1 Å². The van der Waals surface area contributed by atoms with Crippen molar-refractivity contribution in [2.75, 3.05) is 11.9 Å². The Kier molecular flexibility index (Phi) is 3.23. The standard InChI is InChI=1S/C11H13FN2O3/c1-7-9(4-5-17-7)13-10-3-2-8(12)6-11(10)14(15)16/h2-3,6-7,9,13H,4-5H2,1H3. The van der Waals surface area contributed by atoms with Crippen molar-refractivity contribution in [2.24, 2.45) is 0 Å². The van der Waals surface area contributed by atoms with Crippen LogP contribution in [0.4, 0.5) is 15.8 Å². The van der Waals surface area contributed by atoms with Gasteiger partial charge in [-0.1, -0.05) is 0 Å². The van der Waals surface area contributed by atoms with Crippen LogP contribution in [0.5, 0.6) is 0 Å². The van der Waals surface area contributed by atoms with Gasteiger partial charge in [0.1, 0.15) is 11.5 Å². The van der Waals surface area contributed by atoms with Crippen molar-refractivity contribution in [3.63, 3.8) is 0 Å². The van der Waals surface area contributed by atoms with E-state index in [0.29, 0.717) is 12.3 Å². The molecule has 0 radical (unpaired) electrons. The normalized spacial score (nSPS) is 23.6. The number of ether oxygens (including phenoxy) is 1. The second-order valence-electron chi connectivity index (χ2n) is 4.03. The number of benzene rings is 1. The summed E-state index contributed by atoms with van der Waals surface area (Å²) in [5, 5.41) is 13.8. The highest BCUT2D eigenvalue weighted by Crippen LogP contribution is 2.28. The van der Waals surface area contributed by atoms with E-state index >= 15 is 0 Å². The van der Waals surface area contributed by atoms with Crippen molar-refractivity contribution >= 4 is 11.4 Å². The monoisotopic (exact) mass is 240 g/mol. The summed E-state index contributed by atoms with van der Waals surface area (Å²) in [7, 11) is 0. The molecule has 0 bridgehead atoms. The first-order valence-corrected chi connectivity index (χ1v) is 5.40. The molecule has 0 spiro atoms. The first kappa shape index (κ1) is 11.8. The molecule has 2 rings (SSSR count). The fraction of sp³-hybridized carbons (Fsp3) is 0.455. The molecule has 0 amide bonds. The van der Waals surface area contributed by atoms with Crippen LogP contribution in [0.15, 0.2) is 18.2 Å². The minimum atomic E-state index is -0.613. The average molecular weight is 240 g/mol. The highest BCUT2D eigenvalue weighted by Gasteiger charge is 2.26. The van der Waals surface area contributed by atoms with Crippen LogP contribution in [0.1, 0.15) is 13.3 Å². The SMILES string of the molecule is CC1OCCC1Nc1ccc(F)cc1[N+](=O)[O-]. The quantitative estimate of drug-likeness (QED) is 0.650. The third-order valence-electron chi connectivity index (χ3n) is 2.87. The van der Waals surface area contributed by atoms with Gasteiger partial charge in [-0.05, 0) is 25.5 Å². The van der Waals surface area contributed by atoms with E-state index < -0.39 is 10.7 Å². The number of halogens is 1. The molecule has 0 saturated carbocycles. The Morgan fingerprint density at radius 3 is 2.94 bits per heavy atom. The molecule has 1 saturated heterocycles. The van der Waals surface area contributed by atoms with E-state index in [4.69, 9.17) is 4.74 Å². The third kappa shape index (κ3) is 2.52. The zero-order valence-electron chi connectivity index (χ0n) is 9.35. The number of hydrogen-bond donors (Lipinski definition) is 1. The molecular weight excluding hydrogens is 227 g/mol. The lowest BCUT2D eigenvalue weighted by molar-refractivity contribution is -0.384. The third-order valence-corrected chi connectivity index (χ3v) is 2.87. The molecule has 1 aromatic rings. The summed E-state index contributed by atoms with van der Waals surface area (Å²) in [4.78, 5) is 10.2. The van der Waals surface area contributed by atoms with Crippen LogP contribution < -0.4 is 5.32 Å². The van der Waals surface area contributed by atoms with Gasteiger partial charge in [-0.3, -0.25) is 10.1 Å². The summed E-state index contributed by atoms with van der Waals surface area (Å²) >= 11 is 0. The lowest BCUT2D eigenvalue weighted by Crippen LogP contribution is -2.27. The molecular formula is C11H13FN2O3. The number of anilines is 1. The topological polar surface area (TPSA) is 64.4 Å². The maximum absolute atomic E-state index is 12.9. The summed E-state index contributed by atoms with van der Waals surface area (Å²) in [5.74, 6) is -0.613. The van der Waals surface area contributed by atoms with E-state index in [1.807, 2.05) is 6.92 Å².